The molecule has 0 saturated carbocycles. The molecule has 5 rings (SSSR count). The van der Waals surface area contributed by atoms with Crippen molar-refractivity contribution >= 4 is 23.8 Å². The number of hydrogen-bond acceptors (Lipinski definition) is 4. The van der Waals surface area contributed by atoms with Gasteiger partial charge < -0.3 is 16.2 Å². The fraction of sp³-hybridized carbons (Fsp3) is 0.423. The first-order valence-corrected chi connectivity index (χ1v) is 11.3. The van der Waals surface area contributed by atoms with Crippen molar-refractivity contribution in [3.05, 3.63) is 56.7 Å². The number of carbonyl (C=O) groups excluding carboxylic acids is 3. The molecule has 0 aromatic heterocycles. The van der Waals surface area contributed by atoms with E-state index in [4.69, 9.17) is 5.73 Å². The lowest BCUT2D eigenvalue weighted by Crippen LogP contribution is -2.50. The number of primary amides is 1. The largest absolute Gasteiger partial charge is 0.505 e. The molecule has 0 fully saturated rings. The lowest BCUT2D eigenvalue weighted by Gasteiger charge is -2.57. The SMILES string of the molecule is CCCC1=C(C(N)=O)C2=CC3=C4C(=O)c5c(O)c(NC=O)cc(C)c5CC4CC(C1)C23C. The van der Waals surface area contributed by atoms with E-state index in [1.165, 1.54) is 0 Å². The summed E-state index contributed by atoms with van der Waals surface area (Å²) in [6.45, 7) is 6.16. The minimum atomic E-state index is -0.385. The monoisotopic (exact) mass is 432 g/mol. The fourth-order valence-electron chi connectivity index (χ4n) is 6.67. The number of carbonyl (C=O) groups is 3. The number of nitrogens with one attached hydrogen (secondary N) is 1. The maximum absolute atomic E-state index is 13.7. The highest BCUT2D eigenvalue weighted by molar-refractivity contribution is 6.16. The Balaban J connectivity index is 1.70. The first-order valence-electron chi connectivity index (χ1n) is 11.3. The number of benzene rings is 1. The molecule has 4 aliphatic rings. The Labute approximate surface area is 187 Å². The molecular weight excluding hydrogens is 404 g/mol. The van der Waals surface area contributed by atoms with E-state index in [1.54, 1.807) is 6.07 Å². The van der Waals surface area contributed by atoms with Crippen molar-refractivity contribution in [3.8, 4) is 5.75 Å². The molecule has 166 valence electrons. The fourth-order valence-corrected chi connectivity index (χ4v) is 6.67. The molecule has 2 amide bonds. The molecule has 4 aliphatic carbocycles. The number of phenols is 1. The molecule has 6 heteroatoms. The lowest BCUT2D eigenvalue weighted by atomic mass is 9.46. The lowest BCUT2D eigenvalue weighted by molar-refractivity contribution is -0.114. The van der Waals surface area contributed by atoms with Gasteiger partial charge in [-0.1, -0.05) is 31.9 Å². The number of aromatic hydroxyl groups is 1. The maximum atomic E-state index is 13.7. The van der Waals surface area contributed by atoms with Crippen LogP contribution >= 0.6 is 0 Å². The average Bonchev–Trinajstić information content (AvgIpc) is 2.73. The Kier molecular flexibility index (Phi) is 4.49. The van der Waals surface area contributed by atoms with Gasteiger partial charge in [0.05, 0.1) is 11.3 Å². The first kappa shape index (κ1) is 20.7. The second kappa shape index (κ2) is 6.92. The third-order valence-corrected chi connectivity index (χ3v) is 8.17. The quantitative estimate of drug-likeness (QED) is 0.485. The number of aryl methyl sites for hydroxylation is 1. The number of rotatable bonds is 5. The smallest absolute Gasteiger partial charge is 0.248 e. The van der Waals surface area contributed by atoms with Gasteiger partial charge in [-0.3, -0.25) is 14.4 Å². The molecule has 0 bridgehead atoms. The van der Waals surface area contributed by atoms with Gasteiger partial charge in [-0.15, -0.1) is 0 Å². The van der Waals surface area contributed by atoms with E-state index >= 15 is 0 Å². The summed E-state index contributed by atoms with van der Waals surface area (Å²) in [7, 11) is 0. The molecule has 3 atom stereocenters. The molecular formula is C26H28N2O4. The van der Waals surface area contributed by atoms with Crippen LogP contribution in [0.2, 0.25) is 0 Å². The van der Waals surface area contributed by atoms with Gasteiger partial charge in [-0.05, 0) is 72.8 Å². The molecule has 0 heterocycles. The summed E-state index contributed by atoms with van der Waals surface area (Å²) in [5.74, 6) is -0.308. The van der Waals surface area contributed by atoms with Crippen LogP contribution in [0.4, 0.5) is 5.69 Å². The van der Waals surface area contributed by atoms with Crippen LogP contribution in [-0.2, 0) is 16.0 Å². The minimum absolute atomic E-state index is 0.0851. The van der Waals surface area contributed by atoms with Crippen molar-refractivity contribution in [1.29, 1.82) is 0 Å². The van der Waals surface area contributed by atoms with Gasteiger partial charge >= 0.3 is 0 Å². The van der Waals surface area contributed by atoms with Gasteiger partial charge in [0.1, 0.15) is 0 Å². The van der Waals surface area contributed by atoms with Gasteiger partial charge in [0.25, 0.3) is 0 Å². The maximum Gasteiger partial charge on any atom is 0.248 e. The summed E-state index contributed by atoms with van der Waals surface area (Å²) >= 11 is 0. The highest BCUT2D eigenvalue weighted by Crippen LogP contribution is 2.66. The minimum Gasteiger partial charge on any atom is -0.505 e. The van der Waals surface area contributed by atoms with Crippen molar-refractivity contribution in [1.82, 2.24) is 0 Å². The number of fused-ring (bicyclic) bond motifs is 2. The second-order valence-electron chi connectivity index (χ2n) is 9.75. The van der Waals surface area contributed by atoms with Crippen LogP contribution in [0.15, 0.2) is 40.0 Å². The predicted molar refractivity (Wildman–Crippen MR) is 121 cm³/mol. The average molecular weight is 433 g/mol. The summed E-state index contributed by atoms with van der Waals surface area (Å²) in [6.07, 6.45) is 6.70. The zero-order valence-corrected chi connectivity index (χ0v) is 18.7. The summed E-state index contributed by atoms with van der Waals surface area (Å²) in [6, 6.07) is 1.73. The van der Waals surface area contributed by atoms with Crippen LogP contribution in [0.5, 0.6) is 5.75 Å². The van der Waals surface area contributed by atoms with Crippen LogP contribution in [0.1, 0.15) is 61.0 Å². The normalized spacial score (nSPS) is 27.7. The Bertz CT molecular complexity index is 1200. The predicted octanol–water partition coefficient (Wildman–Crippen LogP) is 3.87. The van der Waals surface area contributed by atoms with Crippen molar-refractivity contribution in [2.24, 2.45) is 23.0 Å². The van der Waals surface area contributed by atoms with E-state index < -0.39 is 0 Å². The van der Waals surface area contributed by atoms with E-state index in [-0.39, 0.29) is 34.5 Å². The number of phenolic OH excluding ortho intramolecular Hbond substituents is 1. The number of nitrogens with two attached hydrogens (primary N) is 1. The zero-order chi connectivity index (χ0) is 22.9. The molecule has 3 unspecified atom stereocenters. The van der Waals surface area contributed by atoms with E-state index in [0.29, 0.717) is 29.9 Å². The van der Waals surface area contributed by atoms with Gasteiger partial charge in [0.2, 0.25) is 12.3 Å². The molecule has 6 nitrogen and oxygen atoms in total. The molecule has 1 aromatic carbocycles. The van der Waals surface area contributed by atoms with Crippen LogP contribution in [0.3, 0.4) is 0 Å². The van der Waals surface area contributed by atoms with E-state index in [1.807, 2.05) is 13.0 Å². The van der Waals surface area contributed by atoms with E-state index in [9.17, 15) is 19.5 Å². The Hall–Kier alpha value is -3.15. The summed E-state index contributed by atoms with van der Waals surface area (Å²) in [5, 5.41) is 13.3. The third kappa shape index (κ3) is 2.49. The van der Waals surface area contributed by atoms with E-state index in [0.717, 1.165) is 59.1 Å². The second-order valence-corrected chi connectivity index (χ2v) is 9.75. The summed E-state index contributed by atoms with van der Waals surface area (Å²) in [5.41, 5.74) is 12.3. The zero-order valence-electron chi connectivity index (χ0n) is 18.7. The molecule has 32 heavy (non-hydrogen) atoms. The van der Waals surface area contributed by atoms with Gasteiger partial charge in [0, 0.05) is 16.6 Å². The number of hydrogen-bond donors (Lipinski definition) is 3. The summed E-state index contributed by atoms with van der Waals surface area (Å²) < 4.78 is 0. The van der Waals surface area contributed by atoms with Gasteiger partial charge in [-0.25, -0.2) is 0 Å². The Morgan fingerprint density at radius 2 is 2.12 bits per heavy atom. The molecule has 0 aliphatic heterocycles. The van der Waals surface area contributed by atoms with E-state index in [2.05, 4.69) is 19.2 Å². The topological polar surface area (TPSA) is 109 Å². The van der Waals surface area contributed by atoms with Crippen LogP contribution in [0, 0.1) is 24.2 Å². The Morgan fingerprint density at radius 3 is 2.78 bits per heavy atom. The standard InChI is InChI=1S/C26H28N2O4/c1-4-5-13-7-15-8-14-9-16-12(2)6-19(28-11-29)23(30)22(16)24(31)20(14)17-10-18(26(15,17)3)21(13)25(27)32/h6,10-11,14-15,30H,4-5,7-9H2,1-3H3,(H2,27,32)(H,28,29). The van der Waals surface area contributed by atoms with Crippen LogP contribution < -0.4 is 11.1 Å². The van der Waals surface area contributed by atoms with Crippen LogP contribution in [0.25, 0.3) is 0 Å². The van der Waals surface area contributed by atoms with Crippen molar-refractivity contribution in [3.63, 3.8) is 0 Å². The third-order valence-electron chi connectivity index (χ3n) is 8.17. The van der Waals surface area contributed by atoms with Crippen molar-refractivity contribution in [2.45, 2.75) is 52.9 Å². The van der Waals surface area contributed by atoms with Crippen LogP contribution in [-0.4, -0.2) is 23.2 Å². The van der Waals surface area contributed by atoms with Crippen molar-refractivity contribution in [2.75, 3.05) is 5.32 Å². The number of allylic oxidation sites excluding steroid dienone is 4. The molecule has 1 aromatic rings. The summed E-state index contributed by atoms with van der Waals surface area (Å²) in [4.78, 5) is 37.1. The first-order chi connectivity index (χ1) is 15.2. The molecule has 0 saturated heterocycles. The number of anilines is 1. The highest BCUT2D eigenvalue weighted by atomic mass is 16.3. The number of amides is 2. The number of Topliss-reactive ketones (excluding diaryl/α,β-unsaturated/α-hetero) is 1. The highest BCUT2D eigenvalue weighted by Gasteiger charge is 2.57. The molecule has 0 radical (unpaired) electrons. The molecule has 4 N–H and O–H groups in total. The molecule has 0 spiro atoms. The van der Waals surface area contributed by atoms with Crippen molar-refractivity contribution < 1.29 is 19.5 Å². The van der Waals surface area contributed by atoms with Gasteiger partial charge in [-0.2, -0.15) is 0 Å². The Morgan fingerprint density at radius 1 is 1.38 bits per heavy atom. The number of ketones is 1. The van der Waals surface area contributed by atoms with Gasteiger partial charge in [0.15, 0.2) is 11.5 Å².